The van der Waals surface area contributed by atoms with Gasteiger partial charge in [0.1, 0.15) is 5.15 Å². The zero-order chi connectivity index (χ0) is 14.0. The standard InChI is InChI=1S/C15H17ClN2O/c1-4-11-7-5-6-8-12(11)14(19)9-13-10(2)17-18(3)15(13)16/h5-8H,4,9H2,1-3H3. The van der Waals surface area contributed by atoms with Crippen molar-refractivity contribution in [3.8, 4) is 0 Å². The van der Waals surface area contributed by atoms with E-state index in [1.54, 1.807) is 11.7 Å². The lowest BCUT2D eigenvalue weighted by atomic mass is 9.97. The minimum absolute atomic E-state index is 0.0930. The molecule has 1 heterocycles. The second-order valence-electron chi connectivity index (χ2n) is 4.59. The first-order valence-corrected chi connectivity index (χ1v) is 6.71. The fourth-order valence-electron chi connectivity index (χ4n) is 2.23. The van der Waals surface area contributed by atoms with E-state index in [1.807, 2.05) is 31.2 Å². The zero-order valence-corrected chi connectivity index (χ0v) is 12.2. The van der Waals surface area contributed by atoms with Gasteiger partial charge in [-0.15, -0.1) is 0 Å². The number of benzene rings is 1. The van der Waals surface area contributed by atoms with E-state index < -0.39 is 0 Å². The summed E-state index contributed by atoms with van der Waals surface area (Å²) in [6, 6.07) is 7.72. The van der Waals surface area contributed by atoms with E-state index >= 15 is 0 Å². The quantitative estimate of drug-likeness (QED) is 0.803. The Bertz CT molecular complexity index is 617. The molecule has 0 unspecified atom stereocenters. The number of aryl methyl sites for hydroxylation is 3. The molecule has 3 nitrogen and oxygen atoms in total. The predicted molar refractivity (Wildman–Crippen MR) is 76.8 cm³/mol. The molecule has 19 heavy (non-hydrogen) atoms. The number of hydrogen-bond donors (Lipinski definition) is 0. The van der Waals surface area contributed by atoms with Gasteiger partial charge in [0.15, 0.2) is 5.78 Å². The van der Waals surface area contributed by atoms with E-state index in [0.717, 1.165) is 28.8 Å². The van der Waals surface area contributed by atoms with Gasteiger partial charge in [0, 0.05) is 24.6 Å². The minimum atomic E-state index is 0.0930. The van der Waals surface area contributed by atoms with E-state index in [2.05, 4.69) is 12.0 Å². The number of halogens is 1. The molecule has 0 radical (unpaired) electrons. The molecule has 0 aliphatic rings. The first kappa shape index (κ1) is 13.8. The van der Waals surface area contributed by atoms with Crippen LogP contribution in [0, 0.1) is 6.92 Å². The topological polar surface area (TPSA) is 34.9 Å². The Morgan fingerprint density at radius 1 is 1.37 bits per heavy atom. The van der Waals surface area contributed by atoms with Gasteiger partial charge in [0.2, 0.25) is 0 Å². The molecule has 1 aromatic heterocycles. The first-order valence-electron chi connectivity index (χ1n) is 6.33. The van der Waals surface area contributed by atoms with Gasteiger partial charge in [-0.25, -0.2) is 0 Å². The van der Waals surface area contributed by atoms with Crippen LogP contribution in [0.25, 0.3) is 0 Å². The van der Waals surface area contributed by atoms with Crippen molar-refractivity contribution in [2.75, 3.05) is 0 Å². The molecule has 0 N–H and O–H groups in total. The number of Topliss-reactive ketones (excluding diaryl/α,β-unsaturated/α-hetero) is 1. The van der Waals surface area contributed by atoms with Crippen LogP contribution in [0.4, 0.5) is 0 Å². The van der Waals surface area contributed by atoms with Gasteiger partial charge in [0.05, 0.1) is 5.69 Å². The number of ketones is 1. The molecule has 4 heteroatoms. The number of carbonyl (C=O) groups excluding carboxylic acids is 1. The number of rotatable bonds is 4. The van der Waals surface area contributed by atoms with Crippen LogP contribution in [-0.2, 0) is 19.9 Å². The second-order valence-corrected chi connectivity index (χ2v) is 4.95. The summed E-state index contributed by atoms with van der Waals surface area (Å²) >= 11 is 6.17. The van der Waals surface area contributed by atoms with E-state index in [1.165, 1.54) is 0 Å². The summed E-state index contributed by atoms with van der Waals surface area (Å²) in [7, 11) is 1.78. The van der Waals surface area contributed by atoms with Crippen molar-refractivity contribution in [2.24, 2.45) is 7.05 Å². The number of aromatic nitrogens is 2. The highest BCUT2D eigenvalue weighted by molar-refractivity contribution is 6.30. The van der Waals surface area contributed by atoms with Gasteiger partial charge in [-0.3, -0.25) is 9.48 Å². The fourth-order valence-corrected chi connectivity index (χ4v) is 2.47. The lowest BCUT2D eigenvalue weighted by molar-refractivity contribution is 0.0992. The average molecular weight is 277 g/mol. The number of nitrogens with zero attached hydrogens (tertiary/aromatic N) is 2. The Labute approximate surface area is 118 Å². The molecule has 0 atom stereocenters. The summed E-state index contributed by atoms with van der Waals surface area (Å²) in [5.41, 5.74) is 3.49. The van der Waals surface area contributed by atoms with Crippen molar-refractivity contribution < 1.29 is 4.79 Å². The molecule has 0 saturated carbocycles. The van der Waals surface area contributed by atoms with Crippen LogP contribution < -0.4 is 0 Å². The molecular weight excluding hydrogens is 260 g/mol. The van der Waals surface area contributed by atoms with Gasteiger partial charge < -0.3 is 0 Å². The summed E-state index contributed by atoms with van der Waals surface area (Å²) in [4.78, 5) is 12.4. The molecule has 2 aromatic rings. The van der Waals surface area contributed by atoms with Crippen molar-refractivity contribution in [1.29, 1.82) is 0 Å². The highest BCUT2D eigenvalue weighted by atomic mass is 35.5. The third kappa shape index (κ3) is 2.71. The van der Waals surface area contributed by atoms with Crippen molar-refractivity contribution >= 4 is 17.4 Å². The molecule has 0 spiro atoms. The molecule has 0 amide bonds. The highest BCUT2D eigenvalue weighted by Crippen LogP contribution is 2.21. The molecule has 1 aromatic carbocycles. The normalized spacial score (nSPS) is 10.7. The lowest BCUT2D eigenvalue weighted by Crippen LogP contribution is -2.07. The fraction of sp³-hybridized carbons (Fsp3) is 0.333. The maximum Gasteiger partial charge on any atom is 0.167 e. The number of carbonyl (C=O) groups is 1. The largest absolute Gasteiger partial charge is 0.294 e. The molecule has 0 fully saturated rings. The van der Waals surface area contributed by atoms with Gasteiger partial charge in [-0.1, -0.05) is 42.8 Å². The number of hydrogen-bond acceptors (Lipinski definition) is 2. The minimum Gasteiger partial charge on any atom is -0.294 e. The molecular formula is C15H17ClN2O. The summed E-state index contributed by atoms with van der Waals surface area (Å²) < 4.78 is 1.60. The molecule has 0 bridgehead atoms. The predicted octanol–water partition coefficient (Wildman–Crippen LogP) is 3.37. The summed E-state index contributed by atoms with van der Waals surface area (Å²) in [5.74, 6) is 0.0930. The SMILES string of the molecule is CCc1ccccc1C(=O)Cc1c(C)nn(C)c1Cl. The first-order chi connectivity index (χ1) is 9.04. The third-order valence-corrected chi connectivity index (χ3v) is 3.78. The van der Waals surface area contributed by atoms with Crippen LogP contribution in [0.1, 0.15) is 34.1 Å². The Kier molecular flexibility index (Phi) is 4.05. The Hall–Kier alpha value is -1.61. The van der Waals surface area contributed by atoms with Crippen LogP contribution in [0.3, 0.4) is 0 Å². The van der Waals surface area contributed by atoms with E-state index in [0.29, 0.717) is 11.6 Å². The maximum atomic E-state index is 12.4. The Morgan fingerprint density at radius 3 is 2.63 bits per heavy atom. The Morgan fingerprint density at radius 2 is 2.05 bits per heavy atom. The maximum absolute atomic E-state index is 12.4. The zero-order valence-electron chi connectivity index (χ0n) is 11.4. The van der Waals surface area contributed by atoms with Gasteiger partial charge in [0.25, 0.3) is 0 Å². The Balaban J connectivity index is 2.31. The van der Waals surface area contributed by atoms with Crippen LogP contribution in [0.2, 0.25) is 5.15 Å². The van der Waals surface area contributed by atoms with Crippen LogP contribution >= 0.6 is 11.6 Å². The summed E-state index contributed by atoms with van der Waals surface area (Å²) in [6.07, 6.45) is 1.15. The van der Waals surface area contributed by atoms with Crippen LogP contribution in [0.5, 0.6) is 0 Å². The monoisotopic (exact) mass is 276 g/mol. The van der Waals surface area contributed by atoms with Crippen molar-refractivity contribution in [3.63, 3.8) is 0 Å². The third-order valence-electron chi connectivity index (χ3n) is 3.31. The van der Waals surface area contributed by atoms with Gasteiger partial charge >= 0.3 is 0 Å². The molecule has 0 saturated heterocycles. The highest BCUT2D eigenvalue weighted by Gasteiger charge is 2.17. The summed E-state index contributed by atoms with van der Waals surface area (Å²) in [5, 5.41) is 4.77. The molecule has 0 aliphatic heterocycles. The second kappa shape index (κ2) is 5.57. The van der Waals surface area contributed by atoms with Crippen LogP contribution in [0.15, 0.2) is 24.3 Å². The molecule has 0 aliphatic carbocycles. The molecule has 100 valence electrons. The smallest absolute Gasteiger partial charge is 0.167 e. The summed E-state index contributed by atoms with van der Waals surface area (Å²) in [6.45, 7) is 3.93. The van der Waals surface area contributed by atoms with Crippen molar-refractivity contribution in [2.45, 2.75) is 26.7 Å². The van der Waals surface area contributed by atoms with Crippen molar-refractivity contribution in [1.82, 2.24) is 9.78 Å². The lowest BCUT2D eigenvalue weighted by Gasteiger charge is -2.06. The van der Waals surface area contributed by atoms with Gasteiger partial charge in [-0.05, 0) is 18.9 Å². The van der Waals surface area contributed by atoms with E-state index in [-0.39, 0.29) is 5.78 Å². The van der Waals surface area contributed by atoms with Crippen LogP contribution in [-0.4, -0.2) is 15.6 Å². The van der Waals surface area contributed by atoms with Gasteiger partial charge in [-0.2, -0.15) is 5.10 Å². The van der Waals surface area contributed by atoms with E-state index in [9.17, 15) is 4.79 Å². The van der Waals surface area contributed by atoms with E-state index in [4.69, 9.17) is 11.6 Å². The van der Waals surface area contributed by atoms with Crippen molar-refractivity contribution in [3.05, 3.63) is 51.8 Å². The molecule has 2 rings (SSSR count). The average Bonchev–Trinajstić information content (AvgIpc) is 2.65.